The molecule has 6 nitrogen and oxygen atoms in total. The lowest BCUT2D eigenvalue weighted by Crippen LogP contribution is -2.16. The Hall–Kier alpha value is -2.08. The van der Waals surface area contributed by atoms with Gasteiger partial charge in [-0.3, -0.25) is 0 Å². The third-order valence-corrected chi connectivity index (χ3v) is 2.24. The number of halogens is 1. The lowest BCUT2D eigenvalue weighted by Gasteiger charge is -2.07. The van der Waals surface area contributed by atoms with Crippen molar-refractivity contribution in [1.82, 2.24) is 14.8 Å². The van der Waals surface area contributed by atoms with Crippen LogP contribution in [0.5, 0.6) is 0 Å². The fourth-order valence-electron chi connectivity index (χ4n) is 1.30. The van der Waals surface area contributed by atoms with Gasteiger partial charge in [-0.2, -0.15) is 5.10 Å². The summed E-state index contributed by atoms with van der Waals surface area (Å²) in [6.45, 7) is 0. The van der Waals surface area contributed by atoms with E-state index in [1.54, 1.807) is 18.2 Å². The van der Waals surface area contributed by atoms with Crippen molar-refractivity contribution >= 4 is 17.4 Å². The minimum atomic E-state index is -0.0119. The smallest absolute Gasteiger partial charge is 0.172 e. The van der Waals surface area contributed by atoms with Gasteiger partial charge in [-0.05, 0) is 18.2 Å². The summed E-state index contributed by atoms with van der Waals surface area (Å²) in [6, 6.07) is 4.95. The fraction of sp³-hybridized carbons (Fsp3) is 0. The van der Waals surface area contributed by atoms with Crippen LogP contribution in [-0.4, -0.2) is 25.8 Å². The zero-order chi connectivity index (χ0) is 11.5. The summed E-state index contributed by atoms with van der Waals surface area (Å²) in [6.07, 6.45) is 2.89. The van der Waals surface area contributed by atoms with Gasteiger partial charge in [-0.1, -0.05) is 16.8 Å². The first-order valence-corrected chi connectivity index (χ1v) is 4.72. The second kappa shape index (κ2) is 4.19. The summed E-state index contributed by atoms with van der Waals surface area (Å²) in [5.74, 6) is -0.0119. The van der Waals surface area contributed by atoms with Crippen LogP contribution in [0.25, 0.3) is 5.69 Å². The van der Waals surface area contributed by atoms with Crippen LogP contribution < -0.4 is 5.73 Å². The van der Waals surface area contributed by atoms with Crippen LogP contribution in [0.1, 0.15) is 5.56 Å². The maximum absolute atomic E-state index is 8.66. The molecule has 7 heteroatoms. The molecule has 0 saturated carbocycles. The second-order valence-corrected chi connectivity index (χ2v) is 3.42. The third-order valence-electron chi connectivity index (χ3n) is 2.01. The molecule has 0 saturated heterocycles. The van der Waals surface area contributed by atoms with Gasteiger partial charge in [0.25, 0.3) is 0 Å². The molecule has 1 heterocycles. The molecule has 1 aromatic heterocycles. The zero-order valence-electron chi connectivity index (χ0n) is 8.08. The fourth-order valence-corrected chi connectivity index (χ4v) is 1.46. The Labute approximate surface area is 96.0 Å². The SMILES string of the molecule is NC(=NO)c1ccc(Cl)cc1-n1cncn1. The van der Waals surface area contributed by atoms with Crippen molar-refractivity contribution in [3.8, 4) is 5.69 Å². The van der Waals surface area contributed by atoms with Gasteiger partial charge >= 0.3 is 0 Å². The predicted molar refractivity (Wildman–Crippen MR) is 58.9 cm³/mol. The van der Waals surface area contributed by atoms with Gasteiger partial charge in [-0.15, -0.1) is 0 Å². The van der Waals surface area contributed by atoms with E-state index in [9.17, 15) is 0 Å². The second-order valence-electron chi connectivity index (χ2n) is 2.99. The Kier molecular flexibility index (Phi) is 2.74. The van der Waals surface area contributed by atoms with Gasteiger partial charge in [0.2, 0.25) is 0 Å². The van der Waals surface area contributed by atoms with Crippen LogP contribution in [0.4, 0.5) is 0 Å². The lowest BCUT2D eigenvalue weighted by atomic mass is 10.1. The largest absolute Gasteiger partial charge is 0.409 e. The van der Waals surface area contributed by atoms with Crippen molar-refractivity contribution in [2.24, 2.45) is 10.9 Å². The highest BCUT2D eigenvalue weighted by Crippen LogP contribution is 2.18. The van der Waals surface area contributed by atoms with Crippen molar-refractivity contribution in [2.45, 2.75) is 0 Å². The number of nitrogens with two attached hydrogens (primary N) is 1. The van der Waals surface area contributed by atoms with E-state index in [0.29, 0.717) is 16.3 Å². The molecule has 0 bridgehead atoms. The number of hydrogen-bond acceptors (Lipinski definition) is 4. The van der Waals surface area contributed by atoms with Crippen LogP contribution in [0.2, 0.25) is 5.02 Å². The lowest BCUT2D eigenvalue weighted by molar-refractivity contribution is 0.318. The van der Waals surface area contributed by atoms with Gasteiger partial charge in [-0.25, -0.2) is 9.67 Å². The molecule has 2 aromatic rings. The summed E-state index contributed by atoms with van der Waals surface area (Å²) in [4.78, 5) is 3.82. The molecule has 0 unspecified atom stereocenters. The highest BCUT2D eigenvalue weighted by atomic mass is 35.5. The summed E-state index contributed by atoms with van der Waals surface area (Å²) < 4.78 is 1.49. The standard InChI is InChI=1S/C9H8ClN5O/c10-6-1-2-7(9(11)14-16)8(3-6)15-5-12-4-13-15/h1-5,16H,(H2,11,14). The molecule has 0 aliphatic heterocycles. The van der Waals surface area contributed by atoms with Crippen LogP contribution in [-0.2, 0) is 0 Å². The molecule has 0 aliphatic carbocycles. The first-order chi connectivity index (χ1) is 7.72. The molecule has 0 aliphatic rings. The number of benzene rings is 1. The Balaban J connectivity index is 2.62. The molecule has 82 valence electrons. The molecule has 3 N–H and O–H groups in total. The highest BCUT2D eigenvalue weighted by Gasteiger charge is 2.10. The number of aromatic nitrogens is 3. The summed E-state index contributed by atoms with van der Waals surface area (Å²) in [5.41, 5.74) is 6.67. The molecule has 0 fully saturated rings. The molecular weight excluding hydrogens is 230 g/mol. The Bertz CT molecular complexity index is 523. The molecule has 0 amide bonds. The first-order valence-electron chi connectivity index (χ1n) is 4.35. The van der Waals surface area contributed by atoms with E-state index in [2.05, 4.69) is 15.2 Å². The van der Waals surface area contributed by atoms with E-state index in [1.807, 2.05) is 0 Å². The van der Waals surface area contributed by atoms with E-state index >= 15 is 0 Å². The summed E-state index contributed by atoms with van der Waals surface area (Å²) in [7, 11) is 0. The molecule has 16 heavy (non-hydrogen) atoms. The van der Waals surface area contributed by atoms with Gasteiger partial charge in [0.1, 0.15) is 12.7 Å². The number of hydrogen-bond donors (Lipinski definition) is 2. The minimum absolute atomic E-state index is 0.0119. The Morgan fingerprint density at radius 3 is 2.94 bits per heavy atom. The molecule has 0 radical (unpaired) electrons. The number of amidine groups is 1. The number of oxime groups is 1. The molecular formula is C9H8ClN5O. The average molecular weight is 238 g/mol. The normalized spacial score (nSPS) is 11.7. The topological polar surface area (TPSA) is 89.3 Å². The summed E-state index contributed by atoms with van der Waals surface area (Å²) in [5, 5.41) is 16.1. The van der Waals surface area contributed by atoms with Crippen molar-refractivity contribution in [3.05, 3.63) is 41.4 Å². The Morgan fingerprint density at radius 2 is 2.31 bits per heavy atom. The Morgan fingerprint density at radius 1 is 1.50 bits per heavy atom. The molecule has 2 rings (SSSR count). The maximum Gasteiger partial charge on any atom is 0.172 e. The van der Waals surface area contributed by atoms with Crippen molar-refractivity contribution in [1.29, 1.82) is 0 Å². The van der Waals surface area contributed by atoms with Crippen LogP contribution in [0.3, 0.4) is 0 Å². The summed E-state index contributed by atoms with van der Waals surface area (Å²) >= 11 is 5.88. The van der Waals surface area contributed by atoms with E-state index < -0.39 is 0 Å². The molecule has 0 spiro atoms. The van der Waals surface area contributed by atoms with Gasteiger partial charge in [0, 0.05) is 10.6 Å². The van der Waals surface area contributed by atoms with Crippen molar-refractivity contribution < 1.29 is 5.21 Å². The van der Waals surface area contributed by atoms with E-state index in [0.717, 1.165) is 0 Å². The predicted octanol–water partition coefficient (Wildman–Crippen LogP) is 1.02. The van der Waals surface area contributed by atoms with Crippen molar-refractivity contribution in [3.63, 3.8) is 0 Å². The minimum Gasteiger partial charge on any atom is -0.409 e. The highest BCUT2D eigenvalue weighted by molar-refractivity contribution is 6.31. The van der Waals surface area contributed by atoms with Gasteiger partial charge < -0.3 is 10.9 Å². The molecule has 0 atom stereocenters. The van der Waals surface area contributed by atoms with Crippen molar-refractivity contribution in [2.75, 3.05) is 0 Å². The zero-order valence-corrected chi connectivity index (χ0v) is 8.83. The first kappa shape index (κ1) is 10.4. The number of nitrogens with zero attached hydrogens (tertiary/aromatic N) is 4. The average Bonchev–Trinajstić information content (AvgIpc) is 2.81. The van der Waals surface area contributed by atoms with Crippen LogP contribution in [0, 0.1) is 0 Å². The number of rotatable bonds is 2. The maximum atomic E-state index is 8.66. The third kappa shape index (κ3) is 1.82. The van der Waals surface area contributed by atoms with Gasteiger partial charge in [0.05, 0.1) is 5.69 Å². The van der Waals surface area contributed by atoms with Crippen LogP contribution in [0.15, 0.2) is 36.0 Å². The van der Waals surface area contributed by atoms with Gasteiger partial charge in [0.15, 0.2) is 5.84 Å². The van der Waals surface area contributed by atoms with E-state index in [4.69, 9.17) is 22.5 Å². The van der Waals surface area contributed by atoms with Crippen LogP contribution >= 0.6 is 11.6 Å². The molecule has 1 aromatic carbocycles. The van der Waals surface area contributed by atoms with E-state index in [-0.39, 0.29) is 5.84 Å². The monoisotopic (exact) mass is 237 g/mol. The quantitative estimate of drug-likeness (QED) is 0.353. The van der Waals surface area contributed by atoms with E-state index in [1.165, 1.54) is 17.3 Å².